The van der Waals surface area contributed by atoms with Crippen molar-refractivity contribution in [2.24, 2.45) is 13.0 Å². The van der Waals surface area contributed by atoms with Gasteiger partial charge in [-0.2, -0.15) is 5.10 Å². The van der Waals surface area contributed by atoms with Gasteiger partial charge in [0.2, 0.25) is 0 Å². The Hall–Kier alpha value is -1.43. The molecule has 0 aliphatic heterocycles. The minimum Gasteiger partial charge on any atom is -0.314 e. The first-order valence-electron chi connectivity index (χ1n) is 7.00. The van der Waals surface area contributed by atoms with Crippen LogP contribution in [0.5, 0.6) is 0 Å². The van der Waals surface area contributed by atoms with Gasteiger partial charge in [-0.1, -0.05) is 13.8 Å². The van der Waals surface area contributed by atoms with Gasteiger partial charge in [-0.25, -0.2) is 0 Å². The minimum atomic E-state index is -0.281. The van der Waals surface area contributed by atoms with Gasteiger partial charge in [0.05, 0.1) is 4.92 Å². The zero-order valence-corrected chi connectivity index (χ0v) is 11.8. The summed E-state index contributed by atoms with van der Waals surface area (Å²) in [6.45, 7) is 4.87. The molecule has 0 aromatic carbocycles. The first-order chi connectivity index (χ1) is 9.08. The van der Waals surface area contributed by atoms with E-state index in [1.807, 2.05) is 6.92 Å². The van der Waals surface area contributed by atoms with Crippen molar-refractivity contribution < 1.29 is 4.92 Å². The Bertz CT molecular complexity index is 465. The zero-order chi connectivity index (χ0) is 14.0. The molecule has 1 unspecified atom stereocenters. The van der Waals surface area contributed by atoms with Gasteiger partial charge in [-0.15, -0.1) is 0 Å². The summed E-state index contributed by atoms with van der Waals surface area (Å²) in [6.07, 6.45) is 3.74. The zero-order valence-electron chi connectivity index (χ0n) is 11.8. The maximum absolute atomic E-state index is 11.3. The van der Waals surface area contributed by atoms with E-state index in [0.717, 1.165) is 12.2 Å². The van der Waals surface area contributed by atoms with Gasteiger partial charge >= 0.3 is 5.69 Å². The predicted molar refractivity (Wildman–Crippen MR) is 73.1 cm³/mol. The lowest BCUT2D eigenvalue weighted by Crippen LogP contribution is -2.33. The molecule has 0 saturated heterocycles. The Balaban J connectivity index is 2.27. The summed E-state index contributed by atoms with van der Waals surface area (Å²) < 4.78 is 1.68. The fraction of sp³-hybridized carbons (Fsp3) is 0.769. The molecule has 1 N–H and O–H groups in total. The third-order valence-corrected chi connectivity index (χ3v) is 3.80. The van der Waals surface area contributed by atoms with Gasteiger partial charge in [-0.3, -0.25) is 14.8 Å². The second-order valence-electron chi connectivity index (χ2n) is 5.18. The maximum atomic E-state index is 11.3. The predicted octanol–water partition coefficient (Wildman–Crippen LogP) is 1.82. The topological polar surface area (TPSA) is 73.0 Å². The van der Waals surface area contributed by atoms with Crippen molar-refractivity contribution in [1.82, 2.24) is 15.1 Å². The summed E-state index contributed by atoms with van der Waals surface area (Å²) in [5.74, 6) is 0.666. The van der Waals surface area contributed by atoms with Crippen LogP contribution in [-0.4, -0.2) is 27.3 Å². The highest BCUT2D eigenvalue weighted by molar-refractivity contribution is 5.42. The number of nitrogens with one attached hydrogen (secondary N) is 1. The first-order valence-corrected chi connectivity index (χ1v) is 7.00. The molecule has 1 saturated carbocycles. The summed E-state index contributed by atoms with van der Waals surface area (Å²) in [6, 6.07) is 0.337. The molecule has 6 nitrogen and oxygen atoms in total. The van der Waals surface area contributed by atoms with Crippen LogP contribution in [0.4, 0.5) is 5.69 Å². The largest absolute Gasteiger partial charge is 0.314 e. The number of hydrogen-bond donors (Lipinski definition) is 1. The van der Waals surface area contributed by atoms with Crippen molar-refractivity contribution in [2.45, 2.75) is 45.6 Å². The van der Waals surface area contributed by atoms with Crippen LogP contribution in [0.3, 0.4) is 0 Å². The SMILES string of the molecule is CCNC(Cc1c([N+](=O)[O-])c(CC)nn1C)C1CC1. The van der Waals surface area contributed by atoms with Gasteiger partial charge in [0.1, 0.15) is 11.4 Å². The molecule has 0 radical (unpaired) electrons. The second kappa shape index (κ2) is 5.69. The summed E-state index contributed by atoms with van der Waals surface area (Å²) in [5, 5.41) is 19.0. The molecule has 19 heavy (non-hydrogen) atoms. The van der Waals surface area contributed by atoms with Crippen LogP contribution in [0.2, 0.25) is 0 Å². The van der Waals surface area contributed by atoms with Crippen LogP contribution in [0, 0.1) is 16.0 Å². The lowest BCUT2D eigenvalue weighted by Gasteiger charge is -2.16. The molecule has 1 fully saturated rings. The third-order valence-electron chi connectivity index (χ3n) is 3.80. The van der Waals surface area contributed by atoms with E-state index in [4.69, 9.17) is 0 Å². The highest BCUT2D eigenvalue weighted by Gasteiger charge is 2.34. The van der Waals surface area contributed by atoms with Crippen molar-refractivity contribution in [1.29, 1.82) is 0 Å². The van der Waals surface area contributed by atoms with Crippen molar-refractivity contribution in [2.75, 3.05) is 6.54 Å². The van der Waals surface area contributed by atoms with Gasteiger partial charge in [0, 0.05) is 19.5 Å². The molecule has 1 atom stereocenters. The summed E-state index contributed by atoms with van der Waals surface area (Å²) >= 11 is 0. The van der Waals surface area contributed by atoms with Crippen LogP contribution < -0.4 is 5.32 Å². The number of nitro groups is 1. The van der Waals surface area contributed by atoms with Gasteiger partial charge in [0.25, 0.3) is 0 Å². The lowest BCUT2D eigenvalue weighted by atomic mass is 10.0. The fourth-order valence-corrected chi connectivity index (χ4v) is 2.66. The van der Waals surface area contributed by atoms with Gasteiger partial charge in [0.15, 0.2) is 0 Å². The lowest BCUT2D eigenvalue weighted by molar-refractivity contribution is -0.386. The number of aromatic nitrogens is 2. The molecule has 1 aliphatic carbocycles. The van der Waals surface area contributed by atoms with Gasteiger partial charge in [-0.05, 0) is 31.7 Å². The minimum absolute atomic E-state index is 0.216. The van der Waals surface area contributed by atoms with Crippen LogP contribution in [-0.2, 0) is 19.9 Å². The number of nitrogens with zero attached hydrogens (tertiary/aromatic N) is 3. The second-order valence-corrected chi connectivity index (χ2v) is 5.18. The Morgan fingerprint density at radius 3 is 2.68 bits per heavy atom. The van der Waals surface area contributed by atoms with Crippen LogP contribution in [0.1, 0.15) is 38.1 Å². The van der Waals surface area contributed by atoms with E-state index in [1.54, 1.807) is 11.7 Å². The molecule has 0 amide bonds. The summed E-state index contributed by atoms with van der Waals surface area (Å²) in [7, 11) is 1.80. The summed E-state index contributed by atoms with van der Waals surface area (Å²) in [4.78, 5) is 11.0. The van der Waals surface area contributed by atoms with E-state index < -0.39 is 0 Å². The van der Waals surface area contributed by atoms with Crippen LogP contribution in [0.15, 0.2) is 0 Å². The maximum Gasteiger partial charge on any atom is 0.313 e. The van der Waals surface area contributed by atoms with E-state index in [0.29, 0.717) is 30.5 Å². The van der Waals surface area contributed by atoms with Crippen LogP contribution in [0.25, 0.3) is 0 Å². The number of likely N-dealkylation sites (N-methyl/N-ethyl adjacent to an activating group) is 1. The quantitative estimate of drug-likeness (QED) is 0.603. The molecular weight excluding hydrogens is 244 g/mol. The third kappa shape index (κ3) is 2.94. The molecule has 1 aromatic heterocycles. The fourth-order valence-electron chi connectivity index (χ4n) is 2.66. The van der Waals surface area contributed by atoms with Crippen molar-refractivity contribution in [3.05, 3.63) is 21.5 Å². The smallest absolute Gasteiger partial charge is 0.313 e. The monoisotopic (exact) mass is 266 g/mol. The Kier molecular flexibility index (Phi) is 4.19. The molecule has 1 aliphatic rings. The van der Waals surface area contributed by atoms with E-state index in [9.17, 15) is 10.1 Å². The Morgan fingerprint density at radius 2 is 2.21 bits per heavy atom. The number of hydrogen-bond acceptors (Lipinski definition) is 4. The van der Waals surface area contributed by atoms with Crippen LogP contribution >= 0.6 is 0 Å². The van der Waals surface area contributed by atoms with Crippen molar-refractivity contribution in [3.63, 3.8) is 0 Å². The molecule has 6 heteroatoms. The first kappa shape index (κ1) is 14.0. The Morgan fingerprint density at radius 1 is 1.53 bits per heavy atom. The normalized spacial score (nSPS) is 16.6. The average Bonchev–Trinajstić information content (AvgIpc) is 3.14. The molecule has 2 rings (SSSR count). The number of aryl methyl sites for hydroxylation is 2. The Labute approximate surface area is 113 Å². The molecule has 1 heterocycles. The van der Waals surface area contributed by atoms with Crippen molar-refractivity contribution in [3.8, 4) is 0 Å². The number of rotatable bonds is 7. The highest BCUT2D eigenvalue weighted by atomic mass is 16.6. The molecule has 106 valence electrons. The summed E-state index contributed by atoms with van der Waals surface area (Å²) in [5.41, 5.74) is 1.56. The van der Waals surface area contributed by atoms with E-state index in [-0.39, 0.29) is 10.6 Å². The van der Waals surface area contributed by atoms with Crippen molar-refractivity contribution >= 4 is 5.69 Å². The molecule has 0 bridgehead atoms. The average molecular weight is 266 g/mol. The van der Waals surface area contributed by atoms with E-state index in [2.05, 4.69) is 17.3 Å². The molecular formula is C13H22N4O2. The van der Waals surface area contributed by atoms with E-state index in [1.165, 1.54) is 12.8 Å². The standard InChI is InChI=1S/C13H22N4O2/c1-4-10-13(17(18)19)12(16(3)15-10)8-11(14-5-2)9-6-7-9/h9,11,14H,4-8H2,1-3H3. The van der Waals surface area contributed by atoms with Gasteiger partial charge < -0.3 is 5.32 Å². The molecule has 0 spiro atoms. The van der Waals surface area contributed by atoms with E-state index >= 15 is 0 Å². The molecule has 1 aromatic rings. The highest BCUT2D eigenvalue weighted by Crippen LogP contribution is 2.35.